The second-order valence-electron chi connectivity index (χ2n) is 2.60. The van der Waals surface area contributed by atoms with Gasteiger partial charge in [0.2, 0.25) is 0 Å². The fraction of sp³-hybridized carbons (Fsp3) is 0.222. The molecule has 0 unspecified atom stereocenters. The zero-order valence-corrected chi connectivity index (χ0v) is 7.46. The van der Waals surface area contributed by atoms with E-state index in [0.29, 0.717) is 0 Å². The van der Waals surface area contributed by atoms with Crippen molar-refractivity contribution < 1.29 is 0 Å². The Morgan fingerprint density at radius 3 is 2.83 bits per heavy atom. The zero-order chi connectivity index (χ0) is 9.14. The van der Waals surface area contributed by atoms with Gasteiger partial charge in [-0.15, -0.1) is 0 Å². The maximum Gasteiger partial charge on any atom is 0.130 e. The highest BCUT2D eigenvalue weighted by atomic mass is 15.2. The lowest BCUT2D eigenvalue weighted by molar-refractivity contribution is 0.864. The Kier molecular flexibility index (Phi) is 2.33. The third kappa shape index (κ3) is 1.56. The van der Waals surface area contributed by atoms with E-state index in [9.17, 15) is 0 Å². The minimum atomic E-state index is 0.776. The van der Waals surface area contributed by atoms with E-state index >= 15 is 0 Å². The van der Waals surface area contributed by atoms with Crippen LogP contribution in [0.15, 0.2) is 31.1 Å². The predicted molar refractivity (Wildman–Crippen MR) is 50.9 cm³/mol. The van der Waals surface area contributed by atoms with Crippen LogP contribution in [-0.4, -0.2) is 9.55 Å². The second kappa shape index (κ2) is 3.26. The van der Waals surface area contributed by atoms with Crippen molar-refractivity contribution in [2.75, 3.05) is 5.32 Å². The molecule has 3 heteroatoms. The van der Waals surface area contributed by atoms with Crippen molar-refractivity contribution >= 4 is 5.82 Å². The topological polar surface area (TPSA) is 29.9 Å². The summed E-state index contributed by atoms with van der Waals surface area (Å²) in [5.41, 5.74) is 0.776. The standard InChI is InChI=1S/C9H13N3/c1-5-7(2)11-9-6-10-8(3)12(9)4/h5-6,11H,1-2H2,3-4H3. The minimum absolute atomic E-state index is 0.776. The Balaban J connectivity index is 2.82. The van der Waals surface area contributed by atoms with Gasteiger partial charge in [-0.1, -0.05) is 13.2 Å². The van der Waals surface area contributed by atoms with Crippen LogP contribution in [0.2, 0.25) is 0 Å². The Morgan fingerprint density at radius 2 is 2.42 bits per heavy atom. The number of allylic oxidation sites excluding steroid dienone is 1. The fourth-order valence-electron chi connectivity index (χ4n) is 0.834. The van der Waals surface area contributed by atoms with E-state index in [1.165, 1.54) is 0 Å². The van der Waals surface area contributed by atoms with Crippen molar-refractivity contribution in [1.29, 1.82) is 0 Å². The van der Waals surface area contributed by atoms with Crippen LogP contribution in [0, 0.1) is 6.92 Å². The first kappa shape index (κ1) is 8.59. The predicted octanol–water partition coefficient (Wildman–Crippen LogP) is 1.84. The number of nitrogens with one attached hydrogen (secondary N) is 1. The largest absolute Gasteiger partial charge is 0.341 e. The summed E-state index contributed by atoms with van der Waals surface area (Å²) in [6, 6.07) is 0. The smallest absolute Gasteiger partial charge is 0.130 e. The lowest BCUT2D eigenvalue weighted by atomic mass is 10.5. The summed E-state index contributed by atoms with van der Waals surface area (Å²) in [4.78, 5) is 4.13. The molecule has 1 heterocycles. The highest BCUT2D eigenvalue weighted by Gasteiger charge is 2.00. The lowest BCUT2D eigenvalue weighted by Crippen LogP contribution is -2.01. The minimum Gasteiger partial charge on any atom is -0.341 e. The van der Waals surface area contributed by atoms with Crippen molar-refractivity contribution in [2.24, 2.45) is 7.05 Å². The molecule has 1 aromatic heterocycles. The van der Waals surface area contributed by atoms with Crippen molar-refractivity contribution in [1.82, 2.24) is 9.55 Å². The van der Waals surface area contributed by atoms with E-state index in [4.69, 9.17) is 0 Å². The normalized spacial score (nSPS) is 9.50. The van der Waals surface area contributed by atoms with Gasteiger partial charge in [0.05, 0.1) is 6.20 Å². The van der Waals surface area contributed by atoms with Gasteiger partial charge < -0.3 is 9.88 Å². The van der Waals surface area contributed by atoms with Crippen LogP contribution in [0.4, 0.5) is 5.82 Å². The van der Waals surface area contributed by atoms with Crippen molar-refractivity contribution in [3.8, 4) is 0 Å². The molecule has 0 aliphatic rings. The van der Waals surface area contributed by atoms with Gasteiger partial charge >= 0.3 is 0 Å². The van der Waals surface area contributed by atoms with Crippen LogP contribution in [-0.2, 0) is 7.05 Å². The number of nitrogens with zero attached hydrogens (tertiary/aromatic N) is 2. The van der Waals surface area contributed by atoms with E-state index in [0.717, 1.165) is 17.3 Å². The van der Waals surface area contributed by atoms with Gasteiger partial charge in [-0.25, -0.2) is 4.98 Å². The van der Waals surface area contributed by atoms with Crippen LogP contribution < -0.4 is 5.32 Å². The van der Waals surface area contributed by atoms with Gasteiger partial charge in [0, 0.05) is 12.7 Å². The number of imidazole rings is 1. The quantitative estimate of drug-likeness (QED) is 0.689. The lowest BCUT2D eigenvalue weighted by Gasteiger charge is -2.05. The average Bonchev–Trinajstić information content (AvgIpc) is 2.36. The van der Waals surface area contributed by atoms with E-state index in [2.05, 4.69) is 23.5 Å². The van der Waals surface area contributed by atoms with Gasteiger partial charge in [0.15, 0.2) is 0 Å². The molecule has 0 aliphatic carbocycles. The molecule has 0 amide bonds. The first-order valence-electron chi connectivity index (χ1n) is 3.72. The molecule has 1 rings (SSSR count). The molecule has 0 saturated heterocycles. The van der Waals surface area contributed by atoms with Gasteiger partial charge in [-0.3, -0.25) is 0 Å². The van der Waals surface area contributed by atoms with E-state index < -0.39 is 0 Å². The molecule has 0 atom stereocenters. The summed E-state index contributed by atoms with van der Waals surface area (Å²) in [6.45, 7) is 9.30. The van der Waals surface area contributed by atoms with E-state index in [1.54, 1.807) is 12.3 Å². The molecule has 12 heavy (non-hydrogen) atoms. The number of anilines is 1. The first-order chi connectivity index (χ1) is 5.65. The number of aryl methyl sites for hydroxylation is 1. The number of hydrogen-bond donors (Lipinski definition) is 1. The third-order valence-electron chi connectivity index (χ3n) is 1.76. The summed E-state index contributed by atoms with van der Waals surface area (Å²) < 4.78 is 1.95. The second-order valence-corrected chi connectivity index (χ2v) is 2.60. The molecule has 3 nitrogen and oxygen atoms in total. The van der Waals surface area contributed by atoms with Crippen LogP contribution in [0.1, 0.15) is 5.82 Å². The number of rotatable bonds is 3. The van der Waals surface area contributed by atoms with E-state index in [1.807, 2.05) is 18.5 Å². The molecule has 1 aromatic rings. The van der Waals surface area contributed by atoms with Crippen molar-refractivity contribution in [3.63, 3.8) is 0 Å². The molecule has 0 bridgehead atoms. The van der Waals surface area contributed by atoms with Crippen molar-refractivity contribution in [3.05, 3.63) is 37.0 Å². The Hall–Kier alpha value is -1.51. The average molecular weight is 163 g/mol. The Bertz CT molecular complexity index is 310. The summed E-state index contributed by atoms with van der Waals surface area (Å²) in [5.74, 6) is 1.90. The maximum absolute atomic E-state index is 4.13. The summed E-state index contributed by atoms with van der Waals surface area (Å²) in [5, 5.41) is 3.07. The van der Waals surface area contributed by atoms with Crippen LogP contribution >= 0.6 is 0 Å². The Labute approximate surface area is 72.4 Å². The molecular weight excluding hydrogens is 150 g/mol. The van der Waals surface area contributed by atoms with Crippen LogP contribution in [0.3, 0.4) is 0 Å². The highest BCUT2D eigenvalue weighted by molar-refractivity contribution is 5.43. The van der Waals surface area contributed by atoms with Gasteiger partial charge in [0.25, 0.3) is 0 Å². The molecule has 0 aromatic carbocycles. The van der Waals surface area contributed by atoms with E-state index in [-0.39, 0.29) is 0 Å². The molecule has 0 radical (unpaired) electrons. The third-order valence-corrected chi connectivity index (χ3v) is 1.76. The summed E-state index contributed by atoms with van der Waals surface area (Å²) >= 11 is 0. The first-order valence-corrected chi connectivity index (χ1v) is 3.72. The van der Waals surface area contributed by atoms with Crippen molar-refractivity contribution in [2.45, 2.75) is 6.92 Å². The molecule has 0 spiro atoms. The van der Waals surface area contributed by atoms with Gasteiger partial charge in [-0.05, 0) is 13.0 Å². The zero-order valence-electron chi connectivity index (χ0n) is 7.46. The molecule has 0 saturated carbocycles. The molecule has 0 fully saturated rings. The molecule has 64 valence electrons. The summed E-state index contributed by atoms with van der Waals surface area (Å²) in [6.07, 6.45) is 3.44. The highest BCUT2D eigenvalue weighted by Crippen LogP contribution is 2.09. The SMILES string of the molecule is C=CC(=C)Nc1cnc(C)n1C. The molecular formula is C9H13N3. The van der Waals surface area contributed by atoms with Gasteiger partial charge in [-0.2, -0.15) is 0 Å². The molecule has 1 N–H and O–H groups in total. The Morgan fingerprint density at radius 1 is 1.75 bits per heavy atom. The number of hydrogen-bond acceptors (Lipinski definition) is 2. The maximum atomic E-state index is 4.13. The number of aromatic nitrogens is 2. The summed E-state index contributed by atoms with van der Waals surface area (Å²) in [7, 11) is 1.95. The molecule has 0 aliphatic heterocycles. The van der Waals surface area contributed by atoms with Crippen LogP contribution in [0.25, 0.3) is 0 Å². The monoisotopic (exact) mass is 163 g/mol. The fourth-order valence-corrected chi connectivity index (χ4v) is 0.834. The van der Waals surface area contributed by atoms with Gasteiger partial charge in [0.1, 0.15) is 11.6 Å². The van der Waals surface area contributed by atoms with Crippen LogP contribution in [0.5, 0.6) is 0 Å².